The molecule has 0 heterocycles. The van der Waals surface area contributed by atoms with E-state index in [4.69, 9.17) is 0 Å². The van der Waals surface area contributed by atoms with E-state index in [-0.39, 0.29) is 16.6 Å². The Balaban J connectivity index is 1.71. The molecule has 0 amide bonds. The normalized spacial score (nSPS) is 51.2. The fourth-order valence-electron chi connectivity index (χ4n) is 7.69. The zero-order valence-corrected chi connectivity index (χ0v) is 16.3. The van der Waals surface area contributed by atoms with E-state index in [1.807, 2.05) is 0 Å². The van der Waals surface area contributed by atoms with Gasteiger partial charge >= 0.3 is 0 Å². The smallest absolute Gasteiger partial charge is 0.176 e. The van der Waals surface area contributed by atoms with E-state index in [9.17, 15) is 9.59 Å². The van der Waals surface area contributed by atoms with Gasteiger partial charge in [0.15, 0.2) is 5.78 Å². The zero-order valence-electron chi connectivity index (χ0n) is 16.3. The quantitative estimate of drug-likeness (QED) is 0.704. The van der Waals surface area contributed by atoms with Gasteiger partial charge in [-0.15, -0.1) is 0 Å². The molecule has 0 aromatic rings. The second-order valence-electron chi connectivity index (χ2n) is 9.72. The van der Waals surface area contributed by atoms with Gasteiger partial charge in [-0.3, -0.25) is 14.6 Å². The second-order valence-corrected chi connectivity index (χ2v) is 9.72. The Morgan fingerprint density at radius 3 is 2.56 bits per heavy atom. The number of rotatable bonds is 1. The molecule has 0 aromatic heterocycles. The van der Waals surface area contributed by atoms with E-state index >= 15 is 0 Å². The molecule has 3 heteroatoms. The van der Waals surface area contributed by atoms with E-state index in [0.29, 0.717) is 41.8 Å². The molecular formula is C22H33NO2. The number of aliphatic imine (C=N–C) groups is 1. The third-order valence-corrected chi connectivity index (χ3v) is 8.98. The maximum atomic E-state index is 12.8. The van der Waals surface area contributed by atoms with Crippen LogP contribution in [0.4, 0.5) is 0 Å². The molecule has 0 N–H and O–H groups in total. The molecule has 25 heavy (non-hydrogen) atoms. The lowest BCUT2D eigenvalue weighted by atomic mass is 9.44. The van der Waals surface area contributed by atoms with E-state index < -0.39 is 0 Å². The number of nitrogens with zero attached hydrogens (tertiary/aromatic N) is 1. The number of ketones is 2. The highest BCUT2D eigenvalue weighted by atomic mass is 16.1. The molecule has 4 saturated carbocycles. The van der Waals surface area contributed by atoms with Gasteiger partial charge in [0.25, 0.3) is 0 Å². The van der Waals surface area contributed by atoms with E-state index in [0.717, 1.165) is 44.2 Å². The summed E-state index contributed by atoms with van der Waals surface area (Å²) in [6.07, 6.45) is 8.12. The summed E-state index contributed by atoms with van der Waals surface area (Å²) >= 11 is 0. The van der Waals surface area contributed by atoms with Crippen molar-refractivity contribution in [2.75, 3.05) is 7.05 Å². The lowest BCUT2D eigenvalue weighted by molar-refractivity contribution is -0.137. The summed E-state index contributed by atoms with van der Waals surface area (Å²) in [5.41, 5.74) is 1.00. The third-order valence-electron chi connectivity index (χ3n) is 8.98. The fourth-order valence-corrected chi connectivity index (χ4v) is 7.69. The van der Waals surface area contributed by atoms with Crippen molar-refractivity contribution in [1.82, 2.24) is 0 Å². The standard InChI is InChI=1S/C22H33NO2/c1-5-13-12-18(25)22(3)10-8-15-14(19(13)22)6-7-16-20(23-4)17(24)9-11-21(15,16)2/h13-16,19H,5-12H2,1-4H3/t13?,14-,15-,16?,19+,21-,22-/m1/s1. The molecule has 138 valence electrons. The van der Waals surface area contributed by atoms with Crippen LogP contribution in [-0.2, 0) is 9.59 Å². The predicted octanol–water partition coefficient (Wildman–Crippen LogP) is 4.48. The number of carbonyl (C=O) groups is 2. The van der Waals surface area contributed by atoms with Gasteiger partial charge in [0, 0.05) is 31.2 Å². The van der Waals surface area contributed by atoms with Gasteiger partial charge in [-0.05, 0) is 61.2 Å². The summed E-state index contributed by atoms with van der Waals surface area (Å²) in [7, 11) is 1.80. The molecule has 7 atom stereocenters. The molecule has 4 fully saturated rings. The van der Waals surface area contributed by atoms with Crippen LogP contribution in [0.3, 0.4) is 0 Å². The molecule has 3 nitrogen and oxygen atoms in total. The first-order valence-corrected chi connectivity index (χ1v) is 10.4. The SMILES string of the molecule is CCC1CC(=O)[C@@]2(C)CC[C@@H]3[C@@H](CCC4C(=NC)C(=O)CC[C@@]43C)[C@H]12. The van der Waals surface area contributed by atoms with Crippen molar-refractivity contribution < 1.29 is 9.59 Å². The minimum atomic E-state index is -0.0722. The highest BCUT2D eigenvalue weighted by Gasteiger charge is 2.63. The lowest BCUT2D eigenvalue weighted by Gasteiger charge is -2.60. The summed E-state index contributed by atoms with van der Waals surface area (Å²) in [6.45, 7) is 6.97. The molecule has 2 unspecified atom stereocenters. The Hall–Kier alpha value is -0.990. The monoisotopic (exact) mass is 343 g/mol. The molecule has 4 aliphatic rings. The van der Waals surface area contributed by atoms with Crippen molar-refractivity contribution in [3.05, 3.63) is 0 Å². The Kier molecular flexibility index (Phi) is 4.01. The molecule has 0 saturated heterocycles. The highest BCUT2D eigenvalue weighted by molar-refractivity contribution is 6.41. The van der Waals surface area contributed by atoms with Crippen LogP contribution in [0, 0.1) is 40.4 Å². The molecule has 0 bridgehead atoms. The Morgan fingerprint density at radius 1 is 1.12 bits per heavy atom. The van der Waals surface area contributed by atoms with Crippen LogP contribution in [0.25, 0.3) is 0 Å². The highest BCUT2D eigenvalue weighted by Crippen LogP contribution is 2.66. The van der Waals surface area contributed by atoms with Gasteiger partial charge in [-0.1, -0.05) is 27.2 Å². The number of Topliss-reactive ketones (excluding diaryl/α,β-unsaturated/α-hetero) is 2. The summed E-state index contributed by atoms with van der Waals surface area (Å²) in [6, 6.07) is 0. The fraction of sp³-hybridized carbons (Fsp3) is 0.864. The van der Waals surface area contributed by atoms with Crippen LogP contribution in [0.2, 0.25) is 0 Å². The van der Waals surface area contributed by atoms with Crippen LogP contribution < -0.4 is 0 Å². The predicted molar refractivity (Wildman–Crippen MR) is 99.6 cm³/mol. The molecular weight excluding hydrogens is 310 g/mol. The van der Waals surface area contributed by atoms with E-state index in [1.165, 1.54) is 6.42 Å². The number of hydrogen-bond acceptors (Lipinski definition) is 3. The first kappa shape index (κ1) is 17.4. The minimum absolute atomic E-state index is 0.0722. The Bertz CT molecular complexity index is 638. The maximum absolute atomic E-state index is 12.8. The summed E-state index contributed by atoms with van der Waals surface area (Å²) in [5, 5.41) is 0. The number of hydrogen-bond donors (Lipinski definition) is 0. The summed E-state index contributed by atoms with van der Waals surface area (Å²) < 4.78 is 0. The average molecular weight is 344 g/mol. The number of fused-ring (bicyclic) bond motifs is 5. The first-order valence-electron chi connectivity index (χ1n) is 10.4. The van der Waals surface area contributed by atoms with Crippen molar-refractivity contribution in [3.63, 3.8) is 0 Å². The summed E-state index contributed by atoms with van der Waals surface area (Å²) in [5.74, 6) is 3.64. The van der Waals surface area contributed by atoms with Crippen molar-refractivity contribution in [2.45, 2.75) is 72.1 Å². The molecule has 0 spiro atoms. The molecule has 0 aromatic carbocycles. The van der Waals surface area contributed by atoms with Gasteiger partial charge in [0.2, 0.25) is 0 Å². The second kappa shape index (κ2) is 5.76. The van der Waals surface area contributed by atoms with Gasteiger partial charge in [-0.2, -0.15) is 0 Å². The van der Waals surface area contributed by atoms with Gasteiger partial charge < -0.3 is 0 Å². The minimum Gasteiger partial charge on any atom is -0.299 e. The average Bonchev–Trinajstić information content (AvgIpc) is 2.86. The largest absolute Gasteiger partial charge is 0.299 e. The first-order chi connectivity index (χ1) is 11.9. The lowest BCUT2D eigenvalue weighted by Crippen LogP contribution is -2.57. The van der Waals surface area contributed by atoms with E-state index in [1.54, 1.807) is 7.05 Å². The van der Waals surface area contributed by atoms with Gasteiger partial charge in [-0.25, -0.2) is 0 Å². The topological polar surface area (TPSA) is 46.5 Å². The number of carbonyl (C=O) groups excluding carboxylic acids is 2. The van der Waals surface area contributed by atoms with Crippen molar-refractivity contribution in [2.24, 2.45) is 45.4 Å². The van der Waals surface area contributed by atoms with Gasteiger partial charge in [0.1, 0.15) is 5.78 Å². The van der Waals surface area contributed by atoms with Crippen LogP contribution >= 0.6 is 0 Å². The van der Waals surface area contributed by atoms with Crippen LogP contribution in [0.5, 0.6) is 0 Å². The molecule has 4 rings (SSSR count). The zero-order chi connectivity index (χ0) is 18.0. The van der Waals surface area contributed by atoms with Crippen LogP contribution in [0.15, 0.2) is 4.99 Å². The van der Waals surface area contributed by atoms with Crippen LogP contribution in [-0.4, -0.2) is 24.3 Å². The van der Waals surface area contributed by atoms with Crippen molar-refractivity contribution in [3.8, 4) is 0 Å². The Labute approximate surface area is 152 Å². The molecule has 4 aliphatic carbocycles. The maximum Gasteiger partial charge on any atom is 0.176 e. The molecule has 0 aliphatic heterocycles. The third kappa shape index (κ3) is 2.20. The van der Waals surface area contributed by atoms with Crippen molar-refractivity contribution in [1.29, 1.82) is 0 Å². The van der Waals surface area contributed by atoms with Gasteiger partial charge in [0.05, 0.1) is 5.71 Å². The Morgan fingerprint density at radius 2 is 1.88 bits per heavy atom. The van der Waals surface area contributed by atoms with Crippen LogP contribution in [0.1, 0.15) is 72.1 Å². The van der Waals surface area contributed by atoms with Crippen molar-refractivity contribution >= 4 is 17.3 Å². The van der Waals surface area contributed by atoms with E-state index in [2.05, 4.69) is 25.8 Å². The molecule has 0 radical (unpaired) electrons. The summed E-state index contributed by atoms with van der Waals surface area (Å²) in [4.78, 5) is 29.6.